The zero-order chi connectivity index (χ0) is 23.5. The van der Waals surface area contributed by atoms with Crippen molar-refractivity contribution < 1.29 is 17.6 Å². The van der Waals surface area contributed by atoms with E-state index in [1.165, 1.54) is 20.7 Å². The average Bonchev–Trinajstić information content (AvgIpc) is 2.79. The molecule has 1 heterocycles. The van der Waals surface area contributed by atoms with Crippen LogP contribution in [0.1, 0.15) is 29.8 Å². The Kier molecular flexibility index (Phi) is 7.73. The van der Waals surface area contributed by atoms with Crippen LogP contribution in [-0.2, 0) is 16.8 Å². The van der Waals surface area contributed by atoms with Crippen molar-refractivity contribution in [2.24, 2.45) is 5.84 Å². The number of hydrogen-bond donors (Lipinski definition) is 2. The van der Waals surface area contributed by atoms with E-state index in [0.29, 0.717) is 43.3 Å². The van der Waals surface area contributed by atoms with Gasteiger partial charge in [-0.2, -0.15) is 12.7 Å². The lowest BCUT2D eigenvalue weighted by Gasteiger charge is -2.38. The third kappa shape index (κ3) is 5.38. The van der Waals surface area contributed by atoms with Crippen LogP contribution in [0.3, 0.4) is 0 Å². The molecule has 1 aliphatic rings. The molecule has 0 bridgehead atoms. The highest BCUT2D eigenvalue weighted by atomic mass is 35.5. The van der Waals surface area contributed by atoms with Crippen LogP contribution in [0.4, 0.5) is 10.1 Å². The fourth-order valence-electron chi connectivity index (χ4n) is 3.55. The lowest BCUT2D eigenvalue weighted by atomic mass is 10.1. The van der Waals surface area contributed by atoms with Gasteiger partial charge in [0.1, 0.15) is 5.82 Å². The number of nitrogens with two attached hydrogens (primary N) is 1. The first-order valence-corrected chi connectivity index (χ1v) is 12.0. The van der Waals surface area contributed by atoms with E-state index in [9.17, 15) is 17.6 Å². The molecule has 32 heavy (non-hydrogen) atoms. The van der Waals surface area contributed by atoms with E-state index >= 15 is 0 Å². The lowest BCUT2D eigenvalue weighted by Crippen LogP contribution is -2.54. The Morgan fingerprint density at radius 1 is 1.16 bits per heavy atom. The first-order valence-electron chi connectivity index (χ1n) is 10.2. The summed E-state index contributed by atoms with van der Waals surface area (Å²) < 4.78 is 43.6. The number of rotatable bonds is 7. The Bertz CT molecular complexity index is 1060. The Balaban J connectivity index is 1.92. The second-order valence-corrected chi connectivity index (χ2v) is 10.1. The number of hydrazine groups is 1. The van der Waals surface area contributed by atoms with E-state index < -0.39 is 21.9 Å². The number of piperazine rings is 1. The summed E-state index contributed by atoms with van der Waals surface area (Å²) in [6, 6.07) is 10.6. The second kappa shape index (κ2) is 10.1. The molecule has 1 saturated heterocycles. The van der Waals surface area contributed by atoms with E-state index in [1.807, 2.05) is 0 Å². The van der Waals surface area contributed by atoms with Gasteiger partial charge >= 0.3 is 10.2 Å². The van der Waals surface area contributed by atoms with Crippen molar-refractivity contribution in [2.75, 3.05) is 30.5 Å². The van der Waals surface area contributed by atoms with E-state index in [-0.39, 0.29) is 17.3 Å². The van der Waals surface area contributed by atoms with E-state index in [0.717, 1.165) is 6.07 Å². The van der Waals surface area contributed by atoms with Crippen LogP contribution in [0.25, 0.3) is 0 Å². The third-order valence-electron chi connectivity index (χ3n) is 5.47. The van der Waals surface area contributed by atoms with E-state index in [2.05, 4.69) is 24.2 Å². The summed E-state index contributed by atoms with van der Waals surface area (Å²) in [4.78, 5) is 13.9. The number of halogens is 2. The van der Waals surface area contributed by atoms with Crippen LogP contribution in [0.2, 0.25) is 5.02 Å². The Labute approximate surface area is 192 Å². The molecule has 1 fully saturated rings. The topological polar surface area (TPSA) is 99.0 Å². The van der Waals surface area contributed by atoms with Crippen molar-refractivity contribution in [1.82, 2.24) is 14.6 Å². The van der Waals surface area contributed by atoms with Gasteiger partial charge in [0.2, 0.25) is 0 Å². The summed E-state index contributed by atoms with van der Waals surface area (Å²) >= 11 is 5.95. The monoisotopic (exact) mass is 483 g/mol. The molecule has 2 aromatic rings. The van der Waals surface area contributed by atoms with Crippen molar-refractivity contribution in [1.29, 1.82) is 0 Å². The fraction of sp³-hybridized carbons (Fsp3) is 0.381. The molecular weight excluding hydrogens is 457 g/mol. The van der Waals surface area contributed by atoms with E-state index in [1.54, 1.807) is 24.3 Å². The molecule has 2 aromatic carbocycles. The van der Waals surface area contributed by atoms with Gasteiger partial charge in [-0.05, 0) is 49.7 Å². The highest BCUT2D eigenvalue weighted by molar-refractivity contribution is 7.90. The second-order valence-electron chi connectivity index (χ2n) is 7.81. The summed E-state index contributed by atoms with van der Waals surface area (Å²) in [5, 5.41) is -0.165. The molecule has 0 saturated carbocycles. The summed E-state index contributed by atoms with van der Waals surface area (Å²) in [5.41, 5.74) is 3.30. The summed E-state index contributed by atoms with van der Waals surface area (Å²) in [6.07, 6.45) is 0. The number of anilines is 1. The number of carbonyl (C=O) groups excluding carboxylic acids is 1. The van der Waals surface area contributed by atoms with Gasteiger partial charge in [0.15, 0.2) is 0 Å². The number of benzene rings is 2. The molecule has 0 aromatic heterocycles. The number of nitrogens with zero attached hydrogens (tertiary/aromatic N) is 3. The van der Waals surface area contributed by atoms with Gasteiger partial charge in [-0.3, -0.25) is 19.4 Å². The van der Waals surface area contributed by atoms with Crippen molar-refractivity contribution in [2.45, 2.75) is 26.4 Å². The quantitative estimate of drug-likeness (QED) is 0.358. The molecular formula is C21H27ClFN5O3S. The van der Waals surface area contributed by atoms with Gasteiger partial charge < -0.3 is 0 Å². The number of amides is 1. The third-order valence-corrected chi connectivity index (χ3v) is 7.68. The van der Waals surface area contributed by atoms with Gasteiger partial charge in [-0.1, -0.05) is 23.7 Å². The van der Waals surface area contributed by atoms with E-state index in [4.69, 9.17) is 17.4 Å². The highest BCUT2D eigenvalue weighted by Crippen LogP contribution is 2.28. The van der Waals surface area contributed by atoms with Crippen molar-refractivity contribution in [3.05, 3.63) is 64.4 Å². The first-order chi connectivity index (χ1) is 15.1. The predicted octanol–water partition coefficient (Wildman–Crippen LogP) is 2.36. The standard InChI is InChI=1S/C21H27ClFN5O3S/c1-15(2)26-9-11-27(12-10-26)32(30,31)28(18-7-8-20(23)19(22)13-18)14-16-3-5-17(6-4-16)21(29)25-24/h3-8,13,15H,9-12,14,24H2,1-2H3,(H,25,29). The van der Waals surface area contributed by atoms with Gasteiger partial charge in [0.25, 0.3) is 5.91 Å². The summed E-state index contributed by atoms with van der Waals surface area (Å²) in [5.74, 6) is 4.08. The van der Waals surface area contributed by atoms with Crippen LogP contribution in [0, 0.1) is 5.82 Å². The number of nitrogen functional groups attached to an aromatic ring is 1. The Hall–Kier alpha value is -2.24. The minimum Gasteiger partial charge on any atom is -0.298 e. The minimum absolute atomic E-state index is 0.0147. The molecule has 8 nitrogen and oxygen atoms in total. The van der Waals surface area contributed by atoms with Crippen LogP contribution < -0.4 is 15.6 Å². The fourth-order valence-corrected chi connectivity index (χ4v) is 5.32. The number of hydrogen-bond acceptors (Lipinski definition) is 5. The molecule has 0 spiro atoms. The van der Waals surface area contributed by atoms with Gasteiger partial charge in [-0.25, -0.2) is 10.2 Å². The molecule has 1 amide bonds. The maximum atomic E-state index is 13.7. The normalized spacial score (nSPS) is 15.7. The highest BCUT2D eigenvalue weighted by Gasteiger charge is 2.33. The largest absolute Gasteiger partial charge is 0.304 e. The van der Waals surface area contributed by atoms with Gasteiger partial charge in [0.05, 0.1) is 17.3 Å². The molecule has 11 heteroatoms. The van der Waals surface area contributed by atoms with Crippen LogP contribution >= 0.6 is 11.6 Å². The van der Waals surface area contributed by atoms with Crippen LogP contribution in [-0.4, -0.2) is 55.8 Å². The van der Waals surface area contributed by atoms with Crippen LogP contribution in [0.5, 0.6) is 0 Å². The maximum Gasteiger partial charge on any atom is 0.304 e. The zero-order valence-corrected chi connectivity index (χ0v) is 19.5. The molecule has 174 valence electrons. The molecule has 0 atom stereocenters. The lowest BCUT2D eigenvalue weighted by molar-refractivity contribution is 0.0953. The average molecular weight is 484 g/mol. The SMILES string of the molecule is CC(C)N1CCN(S(=O)(=O)N(Cc2ccc(C(=O)NN)cc2)c2ccc(F)c(Cl)c2)CC1. The minimum atomic E-state index is -3.93. The van der Waals surface area contributed by atoms with Crippen molar-refractivity contribution >= 4 is 33.4 Å². The number of nitrogens with one attached hydrogen (secondary N) is 1. The summed E-state index contributed by atoms with van der Waals surface area (Å²) in [6.45, 7) is 6.08. The Morgan fingerprint density at radius 3 is 2.31 bits per heavy atom. The molecule has 3 N–H and O–H groups in total. The molecule has 1 aliphatic heterocycles. The smallest absolute Gasteiger partial charge is 0.298 e. The summed E-state index contributed by atoms with van der Waals surface area (Å²) in [7, 11) is -3.93. The first kappa shape index (κ1) is 24.4. The van der Waals surface area contributed by atoms with Gasteiger partial charge in [-0.15, -0.1) is 0 Å². The van der Waals surface area contributed by atoms with Crippen molar-refractivity contribution in [3.63, 3.8) is 0 Å². The molecule has 3 rings (SSSR count). The predicted molar refractivity (Wildman–Crippen MR) is 123 cm³/mol. The number of carbonyl (C=O) groups is 1. The molecule has 0 radical (unpaired) electrons. The molecule has 0 aliphatic carbocycles. The van der Waals surface area contributed by atoms with Gasteiger partial charge in [0, 0.05) is 37.8 Å². The molecule has 0 unspecified atom stereocenters. The van der Waals surface area contributed by atoms with Crippen molar-refractivity contribution in [3.8, 4) is 0 Å². The maximum absolute atomic E-state index is 13.7. The zero-order valence-electron chi connectivity index (χ0n) is 18.0. The van der Waals surface area contributed by atoms with Crippen LogP contribution in [0.15, 0.2) is 42.5 Å². The Morgan fingerprint density at radius 2 is 1.78 bits per heavy atom.